The molecular formula is C14H28N4O2. The monoisotopic (exact) mass is 284 g/mol. The normalized spacial score (nSPS) is 18.5. The molecule has 1 fully saturated rings. The van der Waals surface area contributed by atoms with Gasteiger partial charge in [-0.1, -0.05) is 13.3 Å². The molecule has 1 heterocycles. The predicted molar refractivity (Wildman–Crippen MR) is 79.2 cm³/mol. The summed E-state index contributed by atoms with van der Waals surface area (Å²) in [5.74, 6) is 0.153. The van der Waals surface area contributed by atoms with Gasteiger partial charge in [0.1, 0.15) is 0 Å². The third kappa shape index (κ3) is 5.09. The standard InChI is InChI=1S/C14H28N4O2/c1-4-6-12(15)14(20)18-8-5-7-17(9-10-18)11-13(19)16(2)3/h12H,4-11,15H2,1-3H3. The minimum Gasteiger partial charge on any atom is -0.348 e. The molecule has 1 aliphatic heterocycles. The lowest BCUT2D eigenvalue weighted by molar-refractivity contribution is -0.132. The second kappa shape index (κ2) is 8.21. The molecule has 0 saturated carbocycles. The molecule has 0 aliphatic carbocycles. The molecule has 0 bridgehead atoms. The van der Waals surface area contributed by atoms with Crippen molar-refractivity contribution in [2.24, 2.45) is 5.73 Å². The van der Waals surface area contributed by atoms with Gasteiger partial charge in [-0.2, -0.15) is 0 Å². The van der Waals surface area contributed by atoms with Crippen molar-refractivity contribution in [2.45, 2.75) is 32.2 Å². The van der Waals surface area contributed by atoms with E-state index in [-0.39, 0.29) is 17.9 Å². The van der Waals surface area contributed by atoms with Crippen LogP contribution in [0.5, 0.6) is 0 Å². The van der Waals surface area contributed by atoms with E-state index in [1.165, 1.54) is 0 Å². The van der Waals surface area contributed by atoms with E-state index in [4.69, 9.17) is 5.73 Å². The molecule has 6 nitrogen and oxygen atoms in total. The molecule has 1 aliphatic rings. The maximum absolute atomic E-state index is 12.2. The average Bonchev–Trinajstić information content (AvgIpc) is 2.63. The second-order valence-corrected chi connectivity index (χ2v) is 5.64. The van der Waals surface area contributed by atoms with E-state index in [0.717, 1.165) is 38.9 Å². The molecule has 1 rings (SSSR count). The van der Waals surface area contributed by atoms with Crippen molar-refractivity contribution >= 4 is 11.8 Å². The molecule has 0 aromatic heterocycles. The van der Waals surface area contributed by atoms with Crippen molar-refractivity contribution in [1.29, 1.82) is 0 Å². The van der Waals surface area contributed by atoms with Crippen molar-refractivity contribution in [3.05, 3.63) is 0 Å². The van der Waals surface area contributed by atoms with Crippen LogP contribution >= 0.6 is 0 Å². The summed E-state index contributed by atoms with van der Waals surface area (Å²) in [5.41, 5.74) is 5.90. The molecule has 6 heteroatoms. The Kier molecular flexibility index (Phi) is 6.95. The van der Waals surface area contributed by atoms with Gasteiger partial charge in [0, 0.05) is 40.3 Å². The van der Waals surface area contributed by atoms with Gasteiger partial charge in [-0.25, -0.2) is 0 Å². The highest BCUT2D eigenvalue weighted by Crippen LogP contribution is 2.07. The van der Waals surface area contributed by atoms with Gasteiger partial charge >= 0.3 is 0 Å². The number of hydrogen-bond acceptors (Lipinski definition) is 4. The van der Waals surface area contributed by atoms with Crippen molar-refractivity contribution in [1.82, 2.24) is 14.7 Å². The van der Waals surface area contributed by atoms with Crippen LogP contribution in [0.15, 0.2) is 0 Å². The largest absolute Gasteiger partial charge is 0.348 e. The molecule has 2 N–H and O–H groups in total. The Hall–Kier alpha value is -1.14. The Balaban J connectivity index is 2.46. The molecule has 0 aromatic carbocycles. The van der Waals surface area contributed by atoms with Gasteiger partial charge in [-0.05, 0) is 12.8 Å². The third-order valence-corrected chi connectivity index (χ3v) is 3.67. The summed E-state index contributed by atoms with van der Waals surface area (Å²) >= 11 is 0. The van der Waals surface area contributed by atoms with E-state index in [1.807, 2.05) is 11.8 Å². The molecule has 0 aromatic rings. The zero-order chi connectivity index (χ0) is 15.1. The highest BCUT2D eigenvalue weighted by Gasteiger charge is 2.24. The maximum Gasteiger partial charge on any atom is 0.239 e. The SMILES string of the molecule is CCCC(N)C(=O)N1CCCN(CC(=O)N(C)C)CC1. The van der Waals surface area contributed by atoms with E-state index in [0.29, 0.717) is 13.1 Å². The number of hydrogen-bond donors (Lipinski definition) is 1. The van der Waals surface area contributed by atoms with Gasteiger partial charge < -0.3 is 15.5 Å². The summed E-state index contributed by atoms with van der Waals surface area (Å²) in [6.45, 7) is 5.45. The Labute approximate surface area is 121 Å². The second-order valence-electron chi connectivity index (χ2n) is 5.64. The quantitative estimate of drug-likeness (QED) is 0.755. The third-order valence-electron chi connectivity index (χ3n) is 3.67. The fourth-order valence-electron chi connectivity index (χ4n) is 2.35. The minimum atomic E-state index is -0.380. The predicted octanol–water partition coefficient (Wildman–Crippen LogP) is -0.264. The van der Waals surface area contributed by atoms with Crippen LogP contribution < -0.4 is 5.73 Å². The number of carbonyl (C=O) groups is 2. The molecular weight excluding hydrogens is 256 g/mol. The minimum absolute atomic E-state index is 0.0487. The average molecular weight is 284 g/mol. The highest BCUT2D eigenvalue weighted by atomic mass is 16.2. The Morgan fingerprint density at radius 1 is 1.20 bits per heavy atom. The summed E-state index contributed by atoms with van der Waals surface area (Å²) in [7, 11) is 3.53. The van der Waals surface area contributed by atoms with Crippen LogP contribution in [0.4, 0.5) is 0 Å². The van der Waals surface area contributed by atoms with Crippen LogP contribution in [-0.2, 0) is 9.59 Å². The molecule has 1 saturated heterocycles. The van der Waals surface area contributed by atoms with Crippen LogP contribution in [0.1, 0.15) is 26.2 Å². The van der Waals surface area contributed by atoms with Gasteiger partial charge in [-0.3, -0.25) is 14.5 Å². The maximum atomic E-state index is 12.2. The van der Waals surface area contributed by atoms with E-state index in [1.54, 1.807) is 19.0 Å². The summed E-state index contributed by atoms with van der Waals surface area (Å²) in [6.07, 6.45) is 2.55. The van der Waals surface area contributed by atoms with Gasteiger partial charge in [0.05, 0.1) is 12.6 Å². The molecule has 20 heavy (non-hydrogen) atoms. The van der Waals surface area contributed by atoms with Gasteiger partial charge in [-0.15, -0.1) is 0 Å². The summed E-state index contributed by atoms with van der Waals surface area (Å²) in [6, 6.07) is -0.380. The topological polar surface area (TPSA) is 69.9 Å². The molecule has 2 amide bonds. The number of amides is 2. The lowest BCUT2D eigenvalue weighted by Crippen LogP contribution is -2.45. The number of rotatable bonds is 5. The highest BCUT2D eigenvalue weighted by molar-refractivity contribution is 5.81. The number of carbonyl (C=O) groups excluding carboxylic acids is 2. The number of likely N-dealkylation sites (N-methyl/N-ethyl adjacent to an activating group) is 1. The lowest BCUT2D eigenvalue weighted by Gasteiger charge is -2.24. The van der Waals surface area contributed by atoms with Crippen molar-refractivity contribution in [2.75, 3.05) is 46.8 Å². The first-order valence-electron chi connectivity index (χ1n) is 7.42. The van der Waals surface area contributed by atoms with Gasteiger partial charge in [0.15, 0.2) is 0 Å². The number of nitrogens with two attached hydrogens (primary N) is 1. The van der Waals surface area contributed by atoms with Crippen LogP contribution in [0.25, 0.3) is 0 Å². The Bertz CT molecular complexity index is 333. The Morgan fingerprint density at radius 3 is 2.50 bits per heavy atom. The molecule has 1 atom stereocenters. The van der Waals surface area contributed by atoms with E-state index in [9.17, 15) is 9.59 Å². The first kappa shape index (κ1) is 16.9. The van der Waals surface area contributed by atoms with Crippen LogP contribution in [-0.4, -0.2) is 79.4 Å². The van der Waals surface area contributed by atoms with Crippen molar-refractivity contribution in [3.8, 4) is 0 Å². The molecule has 116 valence electrons. The first-order valence-corrected chi connectivity index (χ1v) is 7.42. The summed E-state index contributed by atoms with van der Waals surface area (Å²) < 4.78 is 0. The lowest BCUT2D eigenvalue weighted by atomic mass is 10.1. The van der Waals surface area contributed by atoms with Crippen molar-refractivity contribution < 1.29 is 9.59 Å². The molecule has 0 radical (unpaired) electrons. The van der Waals surface area contributed by atoms with E-state index < -0.39 is 0 Å². The summed E-state index contributed by atoms with van der Waals surface area (Å²) in [4.78, 5) is 29.5. The fraction of sp³-hybridized carbons (Fsp3) is 0.857. The molecule has 1 unspecified atom stereocenters. The van der Waals surface area contributed by atoms with E-state index >= 15 is 0 Å². The first-order chi connectivity index (χ1) is 9.45. The van der Waals surface area contributed by atoms with Crippen LogP contribution in [0.2, 0.25) is 0 Å². The zero-order valence-corrected chi connectivity index (χ0v) is 13.0. The van der Waals surface area contributed by atoms with Gasteiger partial charge in [0.25, 0.3) is 0 Å². The van der Waals surface area contributed by atoms with E-state index in [2.05, 4.69) is 4.90 Å². The Morgan fingerprint density at radius 2 is 1.90 bits per heavy atom. The molecule has 0 spiro atoms. The zero-order valence-electron chi connectivity index (χ0n) is 13.0. The van der Waals surface area contributed by atoms with Gasteiger partial charge in [0.2, 0.25) is 11.8 Å². The van der Waals surface area contributed by atoms with Crippen LogP contribution in [0.3, 0.4) is 0 Å². The van der Waals surface area contributed by atoms with Crippen molar-refractivity contribution in [3.63, 3.8) is 0 Å². The smallest absolute Gasteiger partial charge is 0.239 e. The fourth-order valence-corrected chi connectivity index (χ4v) is 2.35. The number of nitrogens with zero attached hydrogens (tertiary/aromatic N) is 3. The summed E-state index contributed by atoms with van der Waals surface area (Å²) in [5, 5.41) is 0. The van der Waals surface area contributed by atoms with Crippen LogP contribution in [0, 0.1) is 0 Å².